The zero-order valence-corrected chi connectivity index (χ0v) is 13.3. The molecule has 0 atom stereocenters. The summed E-state index contributed by atoms with van der Waals surface area (Å²) in [7, 11) is 0. The van der Waals surface area contributed by atoms with Crippen molar-refractivity contribution in [2.45, 2.75) is 33.3 Å². The third-order valence-electron chi connectivity index (χ3n) is 2.62. The first-order valence-corrected chi connectivity index (χ1v) is 6.84. The van der Waals surface area contributed by atoms with Crippen LogP contribution in [0.2, 0.25) is 0 Å². The quantitative estimate of drug-likeness (QED) is 0.734. The van der Waals surface area contributed by atoms with Crippen LogP contribution in [0.5, 0.6) is 0 Å². The molecule has 2 rings (SSSR count). The van der Waals surface area contributed by atoms with Crippen molar-refractivity contribution in [3.63, 3.8) is 0 Å². The van der Waals surface area contributed by atoms with E-state index in [1.165, 1.54) is 10.8 Å². The van der Waals surface area contributed by atoms with Crippen molar-refractivity contribution in [3.8, 4) is 6.07 Å². The predicted octanol–water partition coefficient (Wildman–Crippen LogP) is 3.76. The van der Waals surface area contributed by atoms with Crippen molar-refractivity contribution >= 4 is 33.1 Å². The maximum absolute atomic E-state index is 12.2. The van der Waals surface area contributed by atoms with Gasteiger partial charge in [-0.2, -0.15) is 5.26 Å². The minimum Gasteiger partial charge on any atom is -0.443 e. The average Bonchev–Trinajstić information content (AvgIpc) is 2.66. The van der Waals surface area contributed by atoms with E-state index in [0.29, 0.717) is 16.6 Å². The molecular formula is C14H14BrN3O2. The molecule has 2 aromatic rings. The second kappa shape index (κ2) is 4.91. The highest BCUT2D eigenvalue weighted by atomic mass is 79.9. The van der Waals surface area contributed by atoms with Crippen LogP contribution in [0.15, 0.2) is 16.7 Å². The number of carbonyl (C=O) groups excluding carboxylic acids is 1. The SMILES string of the molecule is Cc1nc2c(cc1Br)c(C#N)cn2C(=O)OC(C)(C)C. The molecule has 2 heterocycles. The van der Waals surface area contributed by atoms with Crippen molar-refractivity contribution in [1.29, 1.82) is 5.26 Å². The van der Waals surface area contributed by atoms with E-state index in [4.69, 9.17) is 10.00 Å². The van der Waals surface area contributed by atoms with E-state index in [1.807, 2.05) is 6.92 Å². The van der Waals surface area contributed by atoms with E-state index in [2.05, 4.69) is 27.0 Å². The predicted molar refractivity (Wildman–Crippen MR) is 78.5 cm³/mol. The molecule has 104 valence electrons. The Labute approximate surface area is 125 Å². The van der Waals surface area contributed by atoms with E-state index >= 15 is 0 Å². The van der Waals surface area contributed by atoms with Gasteiger partial charge in [-0.3, -0.25) is 0 Å². The molecule has 5 nitrogen and oxygen atoms in total. The molecule has 0 saturated carbocycles. The molecule has 0 fully saturated rings. The molecule has 6 heteroatoms. The molecular weight excluding hydrogens is 322 g/mol. The summed E-state index contributed by atoms with van der Waals surface area (Å²) in [4.78, 5) is 16.5. The fourth-order valence-corrected chi connectivity index (χ4v) is 2.07. The van der Waals surface area contributed by atoms with Gasteiger partial charge in [0.1, 0.15) is 11.7 Å². The average molecular weight is 336 g/mol. The second-order valence-electron chi connectivity index (χ2n) is 5.43. The van der Waals surface area contributed by atoms with Gasteiger partial charge >= 0.3 is 6.09 Å². The van der Waals surface area contributed by atoms with Crippen LogP contribution in [0.4, 0.5) is 4.79 Å². The number of carbonyl (C=O) groups is 1. The molecule has 0 saturated heterocycles. The summed E-state index contributed by atoms with van der Waals surface area (Å²) in [5.74, 6) is 0. The molecule has 0 unspecified atom stereocenters. The van der Waals surface area contributed by atoms with Crippen molar-refractivity contribution in [1.82, 2.24) is 9.55 Å². The first-order valence-electron chi connectivity index (χ1n) is 6.04. The summed E-state index contributed by atoms with van der Waals surface area (Å²) in [6, 6.07) is 3.85. The van der Waals surface area contributed by atoms with Gasteiger partial charge in [0.05, 0.1) is 11.3 Å². The molecule has 0 aliphatic heterocycles. The maximum Gasteiger partial charge on any atom is 0.420 e. The summed E-state index contributed by atoms with van der Waals surface area (Å²) in [5.41, 5.74) is 0.950. The zero-order chi connectivity index (χ0) is 15.1. The van der Waals surface area contributed by atoms with Crippen LogP contribution in [0.25, 0.3) is 11.0 Å². The summed E-state index contributed by atoms with van der Waals surface area (Å²) in [6.07, 6.45) is 0.913. The number of aryl methyl sites for hydroxylation is 1. The van der Waals surface area contributed by atoms with Crippen molar-refractivity contribution in [3.05, 3.63) is 28.0 Å². The van der Waals surface area contributed by atoms with Gasteiger partial charge in [0.25, 0.3) is 0 Å². The maximum atomic E-state index is 12.2. The second-order valence-corrected chi connectivity index (χ2v) is 6.29. The third-order valence-corrected chi connectivity index (χ3v) is 3.42. The number of hydrogen-bond donors (Lipinski definition) is 0. The van der Waals surface area contributed by atoms with Gasteiger partial charge in [-0.1, -0.05) is 0 Å². The van der Waals surface area contributed by atoms with E-state index in [9.17, 15) is 4.79 Å². The smallest absolute Gasteiger partial charge is 0.420 e. The van der Waals surface area contributed by atoms with E-state index in [-0.39, 0.29) is 0 Å². The molecule has 0 radical (unpaired) electrons. The topological polar surface area (TPSA) is 67.9 Å². The first kappa shape index (κ1) is 14.5. The van der Waals surface area contributed by atoms with Crippen molar-refractivity contribution in [2.24, 2.45) is 0 Å². The first-order chi connectivity index (χ1) is 9.23. The zero-order valence-electron chi connectivity index (χ0n) is 11.7. The van der Waals surface area contributed by atoms with Gasteiger partial charge in [0, 0.05) is 16.1 Å². The summed E-state index contributed by atoms with van der Waals surface area (Å²) >= 11 is 3.38. The van der Waals surface area contributed by atoms with Crippen LogP contribution in [-0.4, -0.2) is 21.2 Å². The number of pyridine rings is 1. The van der Waals surface area contributed by atoms with E-state index < -0.39 is 11.7 Å². The molecule has 0 aliphatic carbocycles. The number of nitrogens with zero attached hydrogens (tertiary/aromatic N) is 3. The lowest BCUT2D eigenvalue weighted by molar-refractivity contribution is 0.0543. The lowest BCUT2D eigenvalue weighted by Gasteiger charge is -2.19. The van der Waals surface area contributed by atoms with Crippen LogP contribution in [0.1, 0.15) is 32.0 Å². The highest BCUT2D eigenvalue weighted by Gasteiger charge is 2.22. The van der Waals surface area contributed by atoms with Gasteiger partial charge in [-0.25, -0.2) is 14.3 Å². The number of rotatable bonds is 0. The molecule has 20 heavy (non-hydrogen) atoms. The van der Waals surface area contributed by atoms with Gasteiger partial charge in [0.15, 0.2) is 5.65 Å². The summed E-state index contributed by atoms with van der Waals surface area (Å²) < 4.78 is 7.39. The van der Waals surface area contributed by atoms with E-state index in [1.54, 1.807) is 26.8 Å². The molecule has 0 N–H and O–H groups in total. The Morgan fingerprint density at radius 2 is 2.15 bits per heavy atom. The minimum absolute atomic E-state index is 0.388. The van der Waals surface area contributed by atoms with Crippen LogP contribution in [0.3, 0.4) is 0 Å². The Kier molecular flexibility index (Phi) is 3.57. The minimum atomic E-state index is -0.606. The lowest BCUT2D eigenvalue weighted by Crippen LogP contribution is -2.26. The van der Waals surface area contributed by atoms with Crippen LogP contribution >= 0.6 is 15.9 Å². The monoisotopic (exact) mass is 335 g/mol. The Bertz CT molecular complexity index is 735. The number of aromatic nitrogens is 2. The van der Waals surface area contributed by atoms with E-state index in [0.717, 1.165) is 10.2 Å². The highest BCUT2D eigenvalue weighted by Crippen LogP contribution is 2.26. The van der Waals surface area contributed by atoms with Gasteiger partial charge in [0.2, 0.25) is 0 Å². The Hall–Kier alpha value is -1.87. The standard InChI is InChI=1S/C14H14BrN3O2/c1-8-11(15)5-10-9(6-16)7-18(12(10)17-8)13(19)20-14(2,3)4/h5,7H,1-4H3. The highest BCUT2D eigenvalue weighted by molar-refractivity contribution is 9.10. The van der Waals surface area contributed by atoms with Crippen LogP contribution in [-0.2, 0) is 4.74 Å². The molecule has 0 amide bonds. The number of nitriles is 1. The number of fused-ring (bicyclic) bond motifs is 1. The molecule has 2 aromatic heterocycles. The number of hydrogen-bond acceptors (Lipinski definition) is 4. The summed E-state index contributed by atoms with van der Waals surface area (Å²) in [5, 5.41) is 9.79. The molecule has 0 aliphatic rings. The van der Waals surface area contributed by atoms with Crippen molar-refractivity contribution < 1.29 is 9.53 Å². The number of halogens is 1. The van der Waals surface area contributed by atoms with Crippen LogP contribution in [0, 0.1) is 18.3 Å². The van der Waals surface area contributed by atoms with Gasteiger partial charge in [-0.15, -0.1) is 0 Å². The lowest BCUT2D eigenvalue weighted by atomic mass is 10.2. The fraction of sp³-hybridized carbons (Fsp3) is 0.357. The van der Waals surface area contributed by atoms with Crippen LogP contribution < -0.4 is 0 Å². The molecule has 0 aromatic carbocycles. The molecule has 0 spiro atoms. The van der Waals surface area contributed by atoms with Gasteiger partial charge < -0.3 is 4.74 Å². The largest absolute Gasteiger partial charge is 0.443 e. The number of ether oxygens (including phenoxy) is 1. The fourth-order valence-electron chi connectivity index (χ4n) is 1.75. The molecule has 0 bridgehead atoms. The van der Waals surface area contributed by atoms with Crippen molar-refractivity contribution in [2.75, 3.05) is 0 Å². The summed E-state index contributed by atoms with van der Waals surface area (Å²) in [6.45, 7) is 7.19. The Morgan fingerprint density at radius 1 is 1.50 bits per heavy atom. The Balaban J connectivity index is 2.63. The van der Waals surface area contributed by atoms with Gasteiger partial charge in [-0.05, 0) is 49.7 Å². The Morgan fingerprint density at radius 3 is 2.70 bits per heavy atom. The third kappa shape index (κ3) is 2.68. The normalized spacial score (nSPS) is 11.4.